The highest BCUT2D eigenvalue weighted by atomic mass is 32.2. The van der Waals surface area contributed by atoms with Gasteiger partial charge in [-0.25, -0.2) is 17.5 Å². The first-order valence-electron chi connectivity index (χ1n) is 6.01. The molecule has 0 spiro atoms. The number of rotatable bonds is 6. The molecule has 1 saturated carbocycles. The molecule has 0 bridgehead atoms. The van der Waals surface area contributed by atoms with E-state index in [-0.39, 0.29) is 12.5 Å². The van der Waals surface area contributed by atoms with Gasteiger partial charge in [-0.1, -0.05) is 0 Å². The quantitative estimate of drug-likeness (QED) is 0.594. The minimum absolute atomic E-state index is 0.110. The van der Waals surface area contributed by atoms with E-state index >= 15 is 0 Å². The highest BCUT2D eigenvalue weighted by molar-refractivity contribution is 7.89. The number of nitrogens with zero attached hydrogens (tertiary/aromatic N) is 1. The largest absolute Gasteiger partial charge is 0.329 e. The average Bonchev–Trinajstić information content (AvgIpc) is 3.19. The zero-order chi connectivity index (χ0) is 14.9. The van der Waals surface area contributed by atoms with Crippen LogP contribution in [-0.4, -0.2) is 25.9 Å². The maximum absolute atomic E-state index is 13.0. The van der Waals surface area contributed by atoms with E-state index in [1.54, 1.807) is 0 Å². The number of nitro benzene ring substituents is 1. The zero-order valence-corrected chi connectivity index (χ0v) is 11.3. The lowest BCUT2D eigenvalue weighted by molar-refractivity contribution is -0.388. The lowest BCUT2D eigenvalue weighted by atomic mass is 10.2. The van der Waals surface area contributed by atoms with Crippen LogP contribution >= 0.6 is 0 Å². The number of nitrogens with one attached hydrogen (secondary N) is 1. The lowest BCUT2D eigenvalue weighted by Crippen LogP contribution is -2.41. The van der Waals surface area contributed by atoms with Crippen LogP contribution in [0.1, 0.15) is 12.8 Å². The SMILES string of the molecule is NCC(NS(=O)(=O)c1ccc(F)cc1[N+](=O)[O-])C1CC1. The summed E-state index contributed by atoms with van der Waals surface area (Å²) in [6, 6.07) is 1.89. The average molecular weight is 303 g/mol. The number of nitrogens with two attached hydrogens (primary N) is 1. The molecular formula is C11H14FN3O4S. The van der Waals surface area contributed by atoms with E-state index in [1.165, 1.54) is 0 Å². The van der Waals surface area contributed by atoms with E-state index in [0.717, 1.165) is 25.0 Å². The minimum atomic E-state index is -4.11. The normalized spacial score (nSPS) is 16.9. The maximum atomic E-state index is 13.0. The number of hydrogen-bond acceptors (Lipinski definition) is 5. The Morgan fingerprint density at radius 3 is 2.65 bits per heavy atom. The Hall–Kier alpha value is -1.58. The number of halogens is 1. The minimum Gasteiger partial charge on any atom is -0.329 e. The third kappa shape index (κ3) is 3.11. The van der Waals surface area contributed by atoms with Gasteiger partial charge in [0.25, 0.3) is 5.69 Å². The predicted molar refractivity (Wildman–Crippen MR) is 68.9 cm³/mol. The Labute approximate surface area is 115 Å². The molecule has 1 aromatic carbocycles. The first-order valence-corrected chi connectivity index (χ1v) is 7.50. The summed E-state index contributed by atoms with van der Waals surface area (Å²) in [4.78, 5) is 9.37. The molecule has 1 aliphatic carbocycles. The molecule has 1 aromatic rings. The van der Waals surface area contributed by atoms with Crippen LogP contribution < -0.4 is 10.5 Å². The molecular weight excluding hydrogens is 289 g/mol. The maximum Gasteiger partial charge on any atom is 0.292 e. The molecule has 1 fully saturated rings. The highest BCUT2D eigenvalue weighted by Crippen LogP contribution is 2.33. The molecule has 0 aliphatic heterocycles. The molecule has 0 saturated heterocycles. The van der Waals surface area contributed by atoms with Gasteiger partial charge in [-0.15, -0.1) is 0 Å². The van der Waals surface area contributed by atoms with E-state index < -0.39 is 37.4 Å². The molecule has 1 atom stereocenters. The molecule has 9 heteroatoms. The first kappa shape index (κ1) is 14.8. The van der Waals surface area contributed by atoms with Crippen LogP contribution in [0.5, 0.6) is 0 Å². The van der Waals surface area contributed by atoms with Crippen molar-refractivity contribution in [1.29, 1.82) is 0 Å². The fourth-order valence-corrected chi connectivity index (χ4v) is 3.43. The molecule has 2 rings (SSSR count). The summed E-state index contributed by atoms with van der Waals surface area (Å²) in [7, 11) is -4.11. The van der Waals surface area contributed by atoms with Crippen LogP contribution in [0.15, 0.2) is 23.1 Å². The molecule has 0 amide bonds. The summed E-state index contributed by atoms with van der Waals surface area (Å²) < 4.78 is 39.7. The monoisotopic (exact) mass is 303 g/mol. The second-order valence-corrected chi connectivity index (χ2v) is 6.35. The van der Waals surface area contributed by atoms with Gasteiger partial charge in [0.2, 0.25) is 10.0 Å². The van der Waals surface area contributed by atoms with Gasteiger partial charge in [0, 0.05) is 12.6 Å². The van der Waals surface area contributed by atoms with Crippen LogP contribution in [0.4, 0.5) is 10.1 Å². The summed E-state index contributed by atoms with van der Waals surface area (Å²) in [5.41, 5.74) is 4.71. The van der Waals surface area contributed by atoms with Crippen LogP contribution in [0.3, 0.4) is 0 Å². The van der Waals surface area contributed by atoms with Gasteiger partial charge in [-0.05, 0) is 30.9 Å². The Kier molecular flexibility index (Phi) is 4.02. The van der Waals surface area contributed by atoms with Crippen LogP contribution in [0, 0.1) is 21.8 Å². The van der Waals surface area contributed by atoms with E-state index in [1.807, 2.05) is 0 Å². The van der Waals surface area contributed by atoms with Crippen molar-refractivity contribution in [2.75, 3.05) is 6.54 Å². The van der Waals surface area contributed by atoms with Gasteiger partial charge in [0.05, 0.1) is 11.0 Å². The van der Waals surface area contributed by atoms with Crippen molar-refractivity contribution in [3.05, 3.63) is 34.1 Å². The van der Waals surface area contributed by atoms with Gasteiger partial charge in [-0.3, -0.25) is 10.1 Å². The second kappa shape index (κ2) is 5.43. The number of nitro groups is 1. The number of hydrogen-bond donors (Lipinski definition) is 2. The van der Waals surface area contributed by atoms with Crippen molar-refractivity contribution in [2.45, 2.75) is 23.8 Å². The molecule has 3 N–H and O–H groups in total. The molecule has 110 valence electrons. The van der Waals surface area contributed by atoms with Gasteiger partial charge in [-0.2, -0.15) is 0 Å². The Balaban J connectivity index is 2.35. The summed E-state index contributed by atoms with van der Waals surface area (Å²) in [5.74, 6) is -0.706. The van der Waals surface area contributed by atoms with E-state index in [0.29, 0.717) is 6.07 Å². The topological polar surface area (TPSA) is 115 Å². The Bertz CT molecular complexity index is 631. The van der Waals surface area contributed by atoms with E-state index in [9.17, 15) is 22.9 Å². The van der Waals surface area contributed by atoms with Crippen molar-refractivity contribution in [3.8, 4) is 0 Å². The van der Waals surface area contributed by atoms with Crippen molar-refractivity contribution in [3.63, 3.8) is 0 Å². The van der Waals surface area contributed by atoms with Crippen molar-refractivity contribution < 1.29 is 17.7 Å². The third-order valence-corrected chi connectivity index (χ3v) is 4.70. The molecule has 0 radical (unpaired) electrons. The molecule has 7 nitrogen and oxygen atoms in total. The van der Waals surface area contributed by atoms with E-state index in [2.05, 4.69) is 4.72 Å². The predicted octanol–water partition coefficient (Wildman–Crippen LogP) is 0.749. The highest BCUT2D eigenvalue weighted by Gasteiger charge is 2.35. The molecule has 0 heterocycles. The summed E-state index contributed by atoms with van der Waals surface area (Å²) in [6.45, 7) is 0.110. The number of sulfonamides is 1. The molecule has 20 heavy (non-hydrogen) atoms. The van der Waals surface area contributed by atoms with Crippen molar-refractivity contribution in [1.82, 2.24) is 4.72 Å². The van der Waals surface area contributed by atoms with Crippen LogP contribution in [-0.2, 0) is 10.0 Å². The van der Waals surface area contributed by atoms with Crippen LogP contribution in [0.2, 0.25) is 0 Å². The molecule has 1 aliphatic rings. The molecule has 0 aromatic heterocycles. The summed E-state index contributed by atoms with van der Waals surface area (Å²) in [5, 5.41) is 10.8. The van der Waals surface area contributed by atoms with Crippen LogP contribution in [0.25, 0.3) is 0 Å². The van der Waals surface area contributed by atoms with Gasteiger partial charge >= 0.3 is 0 Å². The Morgan fingerprint density at radius 1 is 1.50 bits per heavy atom. The van der Waals surface area contributed by atoms with Crippen molar-refractivity contribution >= 4 is 15.7 Å². The smallest absolute Gasteiger partial charge is 0.292 e. The summed E-state index contributed by atoms with van der Waals surface area (Å²) in [6.07, 6.45) is 1.74. The zero-order valence-electron chi connectivity index (χ0n) is 10.5. The summed E-state index contributed by atoms with van der Waals surface area (Å²) >= 11 is 0. The van der Waals surface area contributed by atoms with Gasteiger partial charge < -0.3 is 5.73 Å². The first-order chi connectivity index (χ1) is 9.35. The second-order valence-electron chi connectivity index (χ2n) is 4.67. The van der Waals surface area contributed by atoms with E-state index in [4.69, 9.17) is 5.73 Å². The fraction of sp³-hybridized carbons (Fsp3) is 0.455. The fourth-order valence-electron chi connectivity index (χ4n) is 1.96. The van der Waals surface area contributed by atoms with Gasteiger partial charge in [0.1, 0.15) is 5.82 Å². The number of benzene rings is 1. The van der Waals surface area contributed by atoms with Crippen molar-refractivity contribution in [2.24, 2.45) is 11.7 Å². The lowest BCUT2D eigenvalue weighted by Gasteiger charge is -2.16. The van der Waals surface area contributed by atoms with Gasteiger partial charge in [0.15, 0.2) is 4.90 Å². The Morgan fingerprint density at radius 2 is 2.15 bits per heavy atom. The standard InChI is InChI=1S/C11H14FN3O4S/c12-8-3-4-11(10(5-8)15(16)17)20(18,19)14-9(6-13)7-1-2-7/h3-5,7,9,14H,1-2,6,13H2. The third-order valence-electron chi connectivity index (χ3n) is 3.16. The molecule has 1 unspecified atom stereocenters.